The molecule has 0 atom stereocenters. The zero-order valence-corrected chi connectivity index (χ0v) is 9.65. The molecule has 0 spiro atoms. The van der Waals surface area contributed by atoms with Gasteiger partial charge in [0, 0.05) is 25.2 Å². The molecule has 86 valence electrons. The first kappa shape index (κ1) is 12.5. The quantitative estimate of drug-likeness (QED) is 0.762. The van der Waals surface area contributed by atoms with Gasteiger partial charge in [-0.3, -0.25) is 4.79 Å². The van der Waals surface area contributed by atoms with Crippen LogP contribution in [-0.4, -0.2) is 23.9 Å². The number of rotatable bonds is 5. The van der Waals surface area contributed by atoms with E-state index in [-0.39, 0.29) is 5.91 Å². The van der Waals surface area contributed by atoms with E-state index in [1.165, 1.54) is 0 Å². The highest BCUT2D eigenvalue weighted by atomic mass is 16.2. The van der Waals surface area contributed by atoms with Crippen molar-refractivity contribution in [3.8, 4) is 0 Å². The average molecular weight is 218 g/mol. The normalized spacial score (nSPS) is 9.88. The predicted molar refractivity (Wildman–Crippen MR) is 65.7 cm³/mol. The molecule has 0 saturated carbocycles. The van der Waals surface area contributed by atoms with Crippen molar-refractivity contribution in [2.75, 3.05) is 13.1 Å². The molecule has 0 aromatic heterocycles. The number of hydrogen-bond donors (Lipinski definition) is 1. The van der Waals surface area contributed by atoms with Crippen molar-refractivity contribution in [3.63, 3.8) is 0 Å². The number of nitrogens with zero attached hydrogens (tertiary/aromatic N) is 1. The monoisotopic (exact) mass is 218 g/mol. The second kappa shape index (κ2) is 6.08. The summed E-state index contributed by atoms with van der Waals surface area (Å²) in [4.78, 5) is 13.5. The van der Waals surface area contributed by atoms with Crippen LogP contribution in [0.15, 0.2) is 42.5 Å². The van der Waals surface area contributed by atoms with Gasteiger partial charge < -0.3 is 10.6 Å². The molecule has 3 nitrogen and oxygen atoms in total. The van der Waals surface area contributed by atoms with E-state index in [0.717, 1.165) is 5.56 Å². The van der Waals surface area contributed by atoms with Crippen LogP contribution in [0.1, 0.15) is 12.5 Å². The number of carbonyl (C=O) groups is 1. The van der Waals surface area contributed by atoms with Crippen LogP contribution in [0.3, 0.4) is 0 Å². The highest BCUT2D eigenvalue weighted by molar-refractivity contribution is 5.92. The van der Waals surface area contributed by atoms with Crippen LogP contribution in [0.4, 0.5) is 0 Å². The lowest BCUT2D eigenvalue weighted by Gasteiger charge is -2.22. The van der Waals surface area contributed by atoms with Gasteiger partial charge >= 0.3 is 0 Å². The Bertz CT molecular complexity index is 359. The maximum atomic E-state index is 11.8. The Kier molecular flexibility index (Phi) is 4.73. The van der Waals surface area contributed by atoms with Gasteiger partial charge in [-0.05, 0) is 12.5 Å². The van der Waals surface area contributed by atoms with E-state index in [1.807, 2.05) is 30.3 Å². The molecule has 0 bridgehead atoms. The van der Waals surface area contributed by atoms with Gasteiger partial charge in [-0.25, -0.2) is 0 Å². The predicted octanol–water partition coefficient (Wildman–Crippen LogP) is 1.55. The minimum atomic E-state index is -0.0331. The second-order valence-corrected chi connectivity index (χ2v) is 3.78. The molecule has 2 N–H and O–H groups in total. The van der Waals surface area contributed by atoms with Crippen LogP contribution in [0.2, 0.25) is 0 Å². The fourth-order valence-electron chi connectivity index (χ4n) is 1.48. The third-order valence-electron chi connectivity index (χ3n) is 2.27. The first-order chi connectivity index (χ1) is 7.65. The average Bonchev–Trinajstić information content (AvgIpc) is 2.29. The Morgan fingerprint density at radius 2 is 2.00 bits per heavy atom. The van der Waals surface area contributed by atoms with Crippen molar-refractivity contribution in [2.24, 2.45) is 5.73 Å². The summed E-state index contributed by atoms with van der Waals surface area (Å²) < 4.78 is 0. The fourth-order valence-corrected chi connectivity index (χ4v) is 1.48. The topological polar surface area (TPSA) is 46.3 Å². The summed E-state index contributed by atoms with van der Waals surface area (Å²) in [5.74, 6) is -0.0331. The van der Waals surface area contributed by atoms with Gasteiger partial charge in [0.15, 0.2) is 0 Å². The Hall–Kier alpha value is -1.61. The first-order valence-corrected chi connectivity index (χ1v) is 5.34. The molecule has 1 amide bonds. The van der Waals surface area contributed by atoms with Crippen molar-refractivity contribution < 1.29 is 4.79 Å². The molecule has 0 unspecified atom stereocenters. The molecule has 3 heteroatoms. The summed E-state index contributed by atoms with van der Waals surface area (Å²) in [7, 11) is 0. The molecule has 0 aliphatic rings. The van der Waals surface area contributed by atoms with E-state index in [1.54, 1.807) is 11.8 Å². The molecule has 1 rings (SSSR count). The van der Waals surface area contributed by atoms with Crippen LogP contribution in [0.25, 0.3) is 0 Å². The van der Waals surface area contributed by atoms with Crippen LogP contribution in [0, 0.1) is 0 Å². The Balaban J connectivity index is 2.72. The van der Waals surface area contributed by atoms with Crippen molar-refractivity contribution in [2.45, 2.75) is 13.5 Å². The molecule has 0 fully saturated rings. The Labute approximate surface area is 96.6 Å². The molecule has 0 saturated heterocycles. The SMILES string of the molecule is C=C(C)C(=O)N(CCN)Cc1ccccc1. The van der Waals surface area contributed by atoms with Gasteiger partial charge in [0.1, 0.15) is 0 Å². The highest BCUT2D eigenvalue weighted by Gasteiger charge is 2.13. The lowest BCUT2D eigenvalue weighted by atomic mass is 10.2. The van der Waals surface area contributed by atoms with E-state index < -0.39 is 0 Å². The third kappa shape index (κ3) is 3.51. The lowest BCUT2D eigenvalue weighted by molar-refractivity contribution is -0.127. The standard InChI is InChI=1S/C13H18N2O/c1-11(2)13(16)15(9-8-14)10-12-6-4-3-5-7-12/h3-7H,1,8-10,14H2,2H3. The van der Waals surface area contributed by atoms with E-state index >= 15 is 0 Å². The largest absolute Gasteiger partial charge is 0.333 e. The lowest BCUT2D eigenvalue weighted by Crippen LogP contribution is -2.35. The summed E-state index contributed by atoms with van der Waals surface area (Å²) >= 11 is 0. The van der Waals surface area contributed by atoms with Crippen LogP contribution >= 0.6 is 0 Å². The molecular weight excluding hydrogens is 200 g/mol. The maximum absolute atomic E-state index is 11.8. The first-order valence-electron chi connectivity index (χ1n) is 5.34. The minimum absolute atomic E-state index is 0.0331. The molecule has 1 aromatic carbocycles. The zero-order valence-electron chi connectivity index (χ0n) is 9.65. The number of amides is 1. The summed E-state index contributed by atoms with van der Waals surface area (Å²) in [6.07, 6.45) is 0. The van der Waals surface area contributed by atoms with Crippen molar-refractivity contribution in [3.05, 3.63) is 48.0 Å². The van der Waals surface area contributed by atoms with Crippen molar-refractivity contribution in [1.82, 2.24) is 4.90 Å². The van der Waals surface area contributed by atoms with E-state index in [9.17, 15) is 4.79 Å². The smallest absolute Gasteiger partial charge is 0.249 e. The maximum Gasteiger partial charge on any atom is 0.249 e. The van der Waals surface area contributed by atoms with Gasteiger partial charge in [-0.2, -0.15) is 0 Å². The number of hydrogen-bond acceptors (Lipinski definition) is 2. The third-order valence-corrected chi connectivity index (χ3v) is 2.27. The number of carbonyl (C=O) groups excluding carboxylic acids is 1. The van der Waals surface area contributed by atoms with E-state index in [4.69, 9.17) is 5.73 Å². The summed E-state index contributed by atoms with van der Waals surface area (Å²) in [5.41, 5.74) is 7.15. The van der Waals surface area contributed by atoms with E-state index in [0.29, 0.717) is 25.2 Å². The molecule has 0 radical (unpaired) electrons. The molecule has 0 aliphatic heterocycles. The Morgan fingerprint density at radius 1 is 1.38 bits per heavy atom. The molecule has 1 aromatic rings. The van der Waals surface area contributed by atoms with Gasteiger partial charge in [-0.1, -0.05) is 36.9 Å². The molecular formula is C13H18N2O. The van der Waals surface area contributed by atoms with Gasteiger partial charge in [0.05, 0.1) is 0 Å². The van der Waals surface area contributed by atoms with Crippen LogP contribution in [0.5, 0.6) is 0 Å². The Morgan fingerprint density at radius 3 is 2.50 bits per heavy atom. The van der Waals surface area contributed by atoms with E-state index in [2.05, 4.69) is 6.58 Å². The van der Waals surface area contributed by atoms with Gasteiger partial charge in [0.2, 0.25) is 5.91 Å². The fraction of sp³-hybridized carbons (Fsp3) is 0.308. The van der Waals surface area contributed by atoms with Gasteiger partial charge in [0.25, 0.3) is 0 Å². The molecule has 0 aliphatic carbocycles. The summed E-state index contributed by atoms with van der Waals surface area (Å²) in [6.45, 7) is 6.99. The highest BCUT2D eigenvalue weighted by Crippen LogP contribution is 2.07. The number of benzene rings is 1. The van der Waals surface area contributed by atoms with Crippen LogP contribution in [-0.2, 0) is 11.3 Å². The summed E-state index contributed by atoms with van der Waals surface area (Å²) in [6, 6.07) is 9.87. The van der Waals surface area contributed by atoms with Crippen molar-refractivity contribution >= 4 is 5.91 Å². The minimum Gasteiger partial charge on any atom is -0.333 e. The molecule has 16 heavy (non-hydrogen) atoms. The molecule has 0 heterocycles. The summed E-state index contributed by atoms with van der Waals surface area (Å²) in [5, 5.41) is 0. The second-order valence-electron chi connectivity index (χ2n) is 3.78. The van der Waals surface area contributed by atoms with Crippen molar-refractivity contribution in [1.29, 1.82) is 0 Å². The van der Waals surface area contributed by atoms with Gasteiger partial charge in [-0.15, -0.1) is 0 Å². The zero-order chi connectivity index (χ0) is 12.0. The number of nitrogens with two attached hydrogens (primary N) is 1. The van der Waals surface area contributed by atoms with Crippen LogP contribution < -0.4 is 5.73 Å².